The van der Waals surface area contributed by atoms with E-state index in [2.05, 4.69) is 5.32 Å². The van der Waals surface area contributed by atoms with Crippen LogP contribution < -0.4 is 15.8 Å². The number of aliphatic hydroxyl groups is 1. The topological polar surface area (TPSA) is 105 Å². The smallest absolute Gasteiger partial charge is 0.335 e. The van der Waals surface area contributed by atoms with Gasteiger partial charge < -0.3 is 26.0 Å². The minimum Gasteiger partial charge on any atom is -0.478 e. The number of carboxylic acids is 1. The monoisotopic (exact) mass is 452 g/mol. The largest absolute Gasteiger partial charge is 0.478 e. The molecule has 4 rings (SSSR count). The number of aromatic carboxylic acids is 1. The van der Waals surface area contributed by atoms with E-state index in [4.69, 9.17) is 22.1 Å². The second-order valence-electron chi connectivity index (χ2n) is 8.05. The lowest BCUT2D eigenvalue weighted by Gasteiger charge is -2.27. The van der Waals surface area contributed by atoms with Crippen molar-refractivity contribution in [3.63, 3.8) is 0 Å². The molecule has 1 aliphatic rings. The number of aliphatic hydroxyl groups excluding tert-OH is 1. The molecule has 2 atom stereocenters. The summed E-state index contributed by atoms with van der Waals surface area (Å²) in [5.41, 5.74) is 9.46. The van der Waals surface area contributed by atoms with E-state index in [1.165, 1.54) is 23.3 Å². The van der Waals surface area contributed by atoms with Gasteiger partial charge in [-0.2, -0.15) is 0 Å². The number of nitrogens with one attached hydrogen (secondary N) is 1. The van der Waals surface area contributed by atoms with Gasteiger partial charge in [-0.3, -0.25) is 0 Å². The Bertz CT molecular complexity index is 1130. The summed E-state index contributed by atoms with van der Waals surface area (Å²) < 4.78 is 5.90. The van der Waals surface area contributed by atoms with Crippen molar-refractivity contribution in [3.05, 3.63) is 87.9 Å². The molecule has 0 aromatic heterocycles. The zero-order chi connectivity index (χ0) is 22.7. The summed E-state index contributed by atoms with van der Waals surface area (Å²) in [5.74, 6) is -0.0377. The van der Waals surface area contributed by atoms with Gasteiger partial charge in [0, 0.05) is 29.4 Å². The van der Waals surface area contributed by atoms with Gasteiger partial charge in [-0.1, -0.05) is 29.8 Å². The first-order chi connectivity index (χ1) is 15.4. The number of rotatable bonds is 7. The molecule has 0 bridgehead atoms. The van der Waals surface area contributed by atoms with Gasteiger partial charge in [0.25, 0.3) is 0 Å². The molecule has 166 valence electrons. The lowest BCUT2D eigenvalue weighted by atomic mass is 9.88. The molecule has 7 heteroatoms. The number of fused-ring (bicyclic) bond motifs is 1. The van der Waals surface area contributed by atoms with Crippen LogP contribution in [0.2, 0.25) is 5.02 Å². The predicted molar refractivity (Wildman–Crippen MR) is 125 cm³/mol. The third kappa shape index (κ3) is 5.40. The van der Waals surface area contributed by atoms with Gasteiger partial charge in [0.2, 0.25) is 0 Å². The molecule has 0 unspecified atom stereocenters. The summed E-state index contributed by atoms with van der Waals surface area (Å²) in [6, 6.07) is 17.9. The summed E-state index contributed by atoms with van der Waals surface area (Å²) in [6.45, 7) is 0.442. The van der Waals surface area contributed by atoms with Gasteiger partial charge >= 0.3 is 5.97 Å². The second-order valence-corrected chi connectivity index (χ2v) is 8.48. The summed E-state index contributed by atoms with van der Waals surface area (Å²) >= 11 is 6.02. The van der Waals surface area contributed by atoms with Crippen molar-refractivity contribution in [1.82, 2.24) is 5.32 Å². The normalized spacial score (nSPS) is 16.2. The fourth-order valence-electron chi connectivity index (χ4n) is 4.02. The first kappa shape index (κ1) is 22.1. The van der Waals surface area contributed by atoms with Crippen molar-refractivity contribution < 1.29 is 19.7 Å². The van der Waals surface area contributed by atoms with Crippen LogP contribution >= 0.6 is 11.6 Å². The SMILES string of the molecule is Nc1cc(Oc2ccc3c(c2)C[C@@H](NC[C@@H](O)c2cccc(Cl)c2)CC3)cc(C(=O)O)c1. The molecular weight excluding hydrogens is 428 g/mol. The van der Waals surface area contributed by atoms with E-state index >= 15 is 0 Å². The molecule has 3 aromatic carbocycles. The molecule has 0 amide bonds. The number of nitrogen functional groups attached to an aromatic ring is 1. The maximum atomic E-state index is 11.3. The lowest BCUT2D eigenvalue weighted by molar-refractivity contribution is 0.0696. The van der Waals surface area contributed by atoms with Crippen LogP contribution in [0.4, 0.5) is 5.69 Å². The second kappa shape index (κ2) is 9.61. The Morgan fingerprint density at radius 3 is 2.75 bits per heavy atom. The number of ether oxygens (including phenoxy) is 1. The van der Waals surface area contributed by atoms with Crippen LogP contribution in [-0.2, 0) is 12.8 Å². The number of nitrogens with two attached hydrogens (primary N) is 1. The van der Waals surface area contributed by atoms with E-state index in [1.807, 2.05) is 30.3 Å². The number of carbonyl (C=O) groups is 1. The van der Waals surface area contributed by atoms with E-state index in [-0.39, 0.29) is 11.6 Å². The third-order valence-corrected chi connectivity index (χ3v) is 5.89. The van der Waals surface area contributed by atoms with E-state index in [9.17, 15) is 15.0 Å². The fraction of sp³-hybridized carbons (Fsp3) is 0.240. The Morgan fingerprint density at radius 1 is 1.12 bits per heavy atom. The van der Waals surface area contributed by atoms with Crippen molar-refractivity contribution in [2.24, 2.45) is 0 Å². The maximum Gasteiger partial charge on any atom is 0.335 e. The summed E-state index contributed by atoms with van der Waals surface area (Å²) in [6.07, 6.45) is 2.09. The van der Waals surface area contributed by atoms with Gasteiger partial charge in [-0.25, -0.2) is 4.79 Å². The Hall–Kier alpha value is -3.06. The van der Waals surface area contributed by atoms with E-state index in [1.54, 1.807) is 18.2 Å². The van der Waals surface area contributed by atoms with Crippen molar-refractivity contribution in [2.45, 2.75) is 31.4 Å². The molecule has 0 radical (unpaired) electrons. The number of aryl methyl sites for hydroxylation is 1. The Labute approximate surface area is 191 Å². The highest BCUT2D eigenvalue weighted by atomic mass is 35.5. The summed E-state index contributed by atoms with van der Waals surface area (Å²) in [5, 5.41) is 23.8. The standard InChI is InChI=1S/C25H25ClN2O4/c26-19-3-1-2-16(8-19)24(29)14-28-21-6-4-15-5-7-22(11-17(15)10-21)32-23-12-18(25(30)31)9-20(27)13-23/h1-3,5,7-9,11-13,21,24,28-29H,4,6,10,14,27H2,(H,30,31)/t21-,24+/m0/s1. The van der Waals surface area contributed by atoms with Crippen LogP contribution in [0.3, 0.4) is 0 Å². The van der Waals surface area contributed by atoms with E-state index < -0.39 is 12.1 Å². The van der Waals surface area contributed by atoms with E-state index in [0.717, 1.165) is 24.8 Å². The first-order valence-electron chi connectivity index (χ1n) is 10.5. The van der Waals surface area contributed by atoms with Crippen molar-refractivity contribution in [2.75, 3.05) is 12.3 Å². The molecule has 0 saturated heterocycles. The van der Waals surface area contributed by atoms with Crippen LogP contribution in [0.5, 0.6) is 11.5 Å². The van der Waals surface area contributed by atoms with Gasteiger partial charge in [-0.15, -0.1) is 0 Å². The molecule has 0 heterocycles. The third-order valence-electron chi connectivity index (χ3n) is 5.65. The molecule has 6 nitrogen and oxygen atoms in total. The van der Waals surface area contributed by atoms with Gasteiger partial charge in [0.05, 0.1) is 11.7 Å². The van der Waals surface area contributed by atoms with Crippen LogP contribution in [0, 0.1) is 0 Å². The highest BCUT2D eigenvalue weighted by molar-refractivity contribution is 6.30. The first-order valence-corrected chi connectivity index (χ1v) is 10.9. The highest BCUT2D eigenvalue weighted by Gasteiger charge is 2.20. The van der Waals surface area contributed by atoms with Gasteiger partial charge in [0.1, 0.15) is 11.5 Å². The molecular formula is C25H25ClN2O4. The zero-order valence-corrected chi connectivity index (χ0v) is 18.2. The quantitative estimate of drug-likeness (QED) is 0.391. The van der Waals surface area contributed by atoms with Gasteiger partial charge in [0.15, 0.2) is 0 Å². The molecule has 0 saturated carbocycles. The number of halogens is 1. The zero-order valence-electron chi connectivity index (χ0n) is 17.4. The average Bonchev–Trinajstić information content (AvgIpc) is 2.76. The molecule has 0 spiro atoms. The molecule has 0 fully saturated rings. The Balaban J connectivity index is 1.41. The van der Waals surface area contributed by atoms with Gasteiger partial charge in [-0.05, 0) is 72.4 Å². The Kier molecular flexibility index (Phi) is 6.65. The van der Waals surface area contributed by atoms with Crippen LogP contribution in [-0.4, -0.2) is 28.8 Å². The molecule has 32 heavy (non-hydrogen) atoms. The maximum absolute atomic E-state index is 11.3. The molecule has 3 aromatic rings. The Morgan fingerprint density at radius 2 is 1.97 bits per heavy atom. The summed E-state index contributed by atoms with van der Waals surface area (Å²) in [4.78, 5) is 11.3. The average molecular weight is 453 g/mol. The number of hydrogen-bond acceptors (Lipinski definition) is 5. The lowest BCUT2D eigenvalue weighted by Crippen LogP contribution is -2.37. The van der Waals surface area contributed by atoms with Crippen molar-refractivity contribution >= 4 is 23.3 Å². The van der Waals surface area contributed by atoms with Crippen molar-refractivity contribution in [3.8, 4) is 11.5 Å². The van der Waals surface area contributed by atoms with Crippen LogP contribution in [0.25, 0.3) is 0 Å². The minimum atomic E-state index is -1.05. The van der Waals surface area contributed by atoms with E-state index in [0.29, 0.717) is 28.8 Å². The molecule has 0 aliphatic heterocycles. The fourth-order valence-corrected chi connectivity index (χ4v) is 4.22. The number of carboxylic acid groups (broad SMARTS) is 1. The highest BCUT2D eigenvalue weighted by Crippen LogP contribution is 2.30. The predicted octanol–water partition coefficient (Wildman–Crippen LogP) is 4.59. The van der Waals surface area contributed by atoms with Crippen LogP contribution in [0.15, 0.2) is 60.7 Å². The summed E-state index contributed by atoms with van der Waals surface area (Å²) in [7, 11) is 0. The number of benzene rings is 3. The number of anilines is 1. The molecule has 1 aliphatic carbocycles. The minimum absolute atomic E-state index is 0.0838. The molecule has 5 N–H and O–H groups in total. The van der Waals surface area contributed by atoms with Crippen molar-refractivity contribution in [1.29, 1.82) is 0 Å². The number of hydrogen-bond donors (Lipinski definition) is 4. The van der Waals surface area contributed by atoms with Crippen LogP contribution in [0.1, 0.15) is 39.6 Å².